The molecule has 0 radical (unpaired) electrons. The van der Waals surface area contributed by atoms with Crippen molar-refractivity contribution < 1.29 is 14.3 Å². The molecule has 1 aromatic rings. The number of carbonyl (C=O) groups excluding carboxylic acids is 2. The highest BCUT2D eigenvalue weighted by Crippen LogP contribution is 2.40. The second-order valence-corrected chi connectivity index (χ2v) is 7.65. The Labute approximate surface area is 155 Å². The minimum atomic E-state index is -0.388. The van der Waals surface area contributed by atoms with Crippen LogP contribution in [-0.4, -0.2) is 61.5 Å². The molecule has 2 N–H and O–H groups in total. The van der Waals surface area contributed by atoms with Crippen molar-refractivity contribution in [3.05, 3.63) is 35.4 Å². The summed E-state index contributed by atoms with van der Waals surface area (Å²) < 4.78 is 5.14. The zero-order valence-electron chi connectivity index (χ0n) is 15.6. The molecule has 2 amide bonds. The van der Waals surface area contributed by atoms with Crippen molar-refractivity contribution in [1.82, 2.24) is 9.80 Å². The van der Waals surface area contributed by atoms with Gasteiger partial charge in [0.1, 0.15) is 0 Å². The largest absolute Gasteiger partial charge is 0.383 e. The number of piperidine rings is 2. The summed E-state index contributed by atoms with van der Waals surface area (Å²) in [7, 11) is 1.68. The summed E-state index contributed by atoms with van der Waals surface area (Å²) in [5.41, 5.74) is 7.32. The molecule has 2 heterocycles. The van der Waals surface area contributed by atoms with Gasteiger partial charge in [0, 0.05) is 38.7 Å². The van der Waals surface area contributed by atoms with Crippen LogP contribution in [-0.2, 0) is 16.1 Å². The van der Waals surface area contributed by atoms with E-state index in [0.29, 0.717) is 25.1 Å². The van der Waals surface area contributed by atoms with E-state index in [1.165, 1.54) is 5.56 Å². The number of rotatable bonds is 6. The van der Waals surface area contributed by atoms with Gasteiger partial charge in [0.25, 0.3) is 0 Å². The molecule has 6 nitrogen and oxygen atoms in total. The number of ether oxygens (including phenoxy) is 1. The van der Waals surface area contributed by atoms with E-state index in [1.54, 1.807) is 19.2 Å². The number of hydrogen-bond donors (Lipinski definition) is 1. The van der Waals surface area contributed by atoms with Gasteiger partial charge < -0.3 is 15.4 Å². The smallest absolute Gasteiger partial charge is 0.248 e. The molecule has 0 aliphatic carbocycles. The van der Waals surface area contributed by atoms with Crippen molar-refractivity contribution in [3.8, 4) is 0 Å². The number of nitrogens with zero attached hydrogens (tertiary/aromatic N) is 2. The molecule has 26 heavy (non-hydrogen) atoms. The van der Waals surface area contributed by atoms with Crippen LogP contribution in [0.5, 0.6) is 0 Å². The third kappa shape index (κ3) is 4.43. The Morgan fingerprint density at radius 3 is 2.50 bits per heavy atom. The third-order valence-corrected chi connectivity index (χ3v) is 5.87. The highest BCUT2D eigenvalue weighted by molar-refractivity contribution is 5.92. The lowest BCUT2D eigenvalue weighted by Crippen LogP contribution is -2.52. The molecule has 0 bridgehead atoms. The minimum absolute atomic E-state index is 0.268. The summed E-state index contributed by atoms with van der Waals surface area (Å²) in [6.07, 6.45) is 3.93. The summed E-state index contributed by atoms with van der Waals surface area (Å²) in [5, 5.41) is 0. The van der Waals surface area contributed by atoms with Gasteiger partial charge in [-0.15, -0.1) is 0 Å². The first-order chi connectivity index (χ1) is 12.5. The van der Waals surface area contributed by atoms with Crippen molar-refractivity contribution in [3.63, 3.8) is 0 Å². The van der Waals surface area contributed by atoms with E-state index in [-0.39, 0.29) is 17.2 Å². The van der Waals surface area contributed by atoms with Crippen LogP contribution in [0.4, 0.5) is 0 Å². The lowest BCUT2D eigenvalue weighted by molar-refractivity contribution is -0.139. The predicted octanol–water partition coefficient (Wildman–Crippen LogP) is 1.64. The molecule has 0 unspecified atom stereocenters. The van der Waals surface area contributed by atoms with Gasteiger partial charge in [-0.05, 0) is 55.5 Å². The van der Waals surface area contributed by atoms with Gasteiger partial charge in [-0.1, -0.05) is 12.1 Å². The molecule has 0 atom stereocenters. The number of benzene rings is 1. The Kier molecular flexibility index (Phi) is 5.94. The average molecular weight is 359 g/mol. The molecule has 2 fully saturated rings. The van der Waals surface area contributed by atoms with Crippen LogP contribution in [0.1, 0.15) is 41.6 Å². The summed E-state index contributed by atoms with van der Waals surface area (Å²) in [4.78, 5) is 27.7. The van der Waals surface area contributed by atoms with Crippen LogP contribution < -0.4 is 5.73 Å². The van der Waals surface area contributed by atoms with Gasteiger partial charge in [-0.3, -0.25) is 14.5 Å². The first-order valence-corrected chi connectivity index (χ1v) is 9.39. The first-order valence-electron chi connectivity index (χ1n) is 9.39. The predicted molar refractivity (Wildman–Crippen MR) is 99.6 cm³/mol. The third-order valence-electron chi connectivity index (χ3n) is 5.87. The maximum atomic E-state index is 12.1. The summed E-state index contributed by atoms with van der Waals surface area (Å²) in [6, 6.07) is 7.56. The van der Waals surface area contributed by atoms with Crippen LogP contribution in [0.2, 0.25) is 0 Å². The standard InChI is InChI=1S/C20H29N3O3/c1-26-13-12-23-15-20(7-6-18(23)24)8-10-22(11-9-20)14-16-2-4-17(5-3-16)19(21)25/h2-5H,6-15H2,1H3,(H2,21,25). The van der Waals surface area contributed by atoms with Crippen molar-refractivity contribution in [2.75, 3.05) is 39.9 Å². The fourth-order valence-electron chi connectivity index (χ4n) is 4.13. The van der Waals surface area contributed by atoms with E-state index < -0.39 is 0 Å². The van der Waals surface area contributed by atoms with E-state index >= 15 is 0 Å². The van der Waals surface area contributed by atoms with Gasteiger partial charge in [0.15, 0.2) is 0 Å². The van der Waals surface area contributed by atoms with E-state index in [4.69, 9.17) is 10.5 Å². The van der Waals surface area contributed by atoms with Gasteiger partial charge in [0.05, 0.1) is 6.61 Å². The Balaban J connectivity index is 1.53. The molecule has 0 aromatic heterocycles. The number of hydrogen-bond acceptors (Lipinski definition) is 4. The van der Waals surface area contributed by atoms with E-state index in [2.05, 4.69) is 4.90 Å². The number of likely N-dealkylation sites (tertiary alicyclic amines) is 2. The Morgan fingerprint density at radius 2 is 1.88 bits per heavy atom. The first kappa shape index (κ1) is 18.9. The Morgan fingerprint density at radius 1 is 1.19 bits per heavy atom. The van der Waals surface area contributed by atoms with Gasteiger partial charge >= 0.3 is 0 Å². The number of carbonyl (C=O) groups is 2. The van der Waals surface area contributed by atoms with Crippen LogP contribution in [0, 0.1) is 5.41 Å². The number of amides is 2. The fraction of sp³-hybridized carbons (Fsp3) is 0.600. The van der Waals surface area contributed by atoms with Gasteiger partial charge in [-0.25, -0.2) is 0 Å². The average Bonchev–Trinajstić information content (AvgIpc) is 2.65. The quantitative estimate of drug-likeness (QED) is 0.838. The van der Waals surface area contributed by atoms with Gasteiger partial charge in [-0.2, -0.15) is 0 Å². The highest BCUT2D eigenvalue weighted by Gasteiger charge is 2.40. The van der Waals surface area contributed by atoms with E-state index in [0.717, 1.165) is 45.4 Å². The maximum Gasteiger partial charge on any atom is 0.248 e. The molecule has 142 valence electrons. The zero-order valence-corrected chi connectivity index (χ0v) is 15.6. The molecule has 6 heteroatoms. The van der Waals surface area contributed by atoms with Crippen molar-refractivity contribution in [1.29, 1.82) is 0 Å². The summed E-state index contributed by atoms with van der Waals surface area (Å²) in [6.45, 7) is 5.16. The molecule has 3 rings (SSSR count). The second kappa shape index (κ2) is 8.18. The van der Waals surface area contributed by atoms with Crippen molar-refractivity contribution >= 4 is 11.8 Å². The Bertz CT molecular complexity index is 636. The molecule has 1 spiro atoms. The molecule has 1 aromatic carbocycles. The van der Waals surface area contributed by atoms with Gasteiger partial charge in [0.2, 0.25) is 11.8 Å². The highest BCUT2D eigenvalue weighted by atomic mass is 16.5. The maximum absolute atomic E-state index is 12.1. The number of nitrogens with two attached hydrogens (primary N) is 1. The van der Waals surface area contributed by atoms with Crippen LogP contribution in [0.25, 0.3) is 0 Å². The van der Waals surface area contributed by atoms with Crippen molar-refractivity contribution in [2.24, 2.45) is 11.1 Å². The number of methoxy groups -OCH3 is 1. The monoisotopic (exact) mass is 359 g/mol. The molecule has 2 aliphatic rings. The summed E-state index contributed by atoms with van der Waals surface area (Å²) in [5.74, 6) is -0.119. The van der Waals surface area contributed by atoms with E-state index in [9.17, 15) is 9.59 Å². The van der Waals surface area contributed by atoms with Crippen LogP contribution in [0.15, 0.2) is 24.3 Å². The molecular weight excluding hydrogens is 330 g/mol. The SMILES string of the molecule is COCCN1CC2(CCC1=O)CCN(Cc1ccc(C(N)=O)cc1)CC2. The topological polar surface area (TPSA) is 75.9 Å². The summed E-state index contributed by atoms with van der Waals surface area (Å²) >= 11 is 0. The van der Waals surface area contributed by atoms with Crippen LogP contribution in [0.3, 0.4) is 0 Å². The van der Waals surface area contributed by atoms with Crippen LogP contribution >= 0.6 is 0 Å². The minimum Gasteiger partial charge on any atom is -0.383 e. The number of primary amides is 1. The molecule has 2 saturated heterocycles. The molecule has 0 saturated carbocycles. The molecule has 2 aliphatic heterocycles. The lowest BCUT2D eigenvalue weighted by Gasteiger charge is -2.47. The lowest BCUT2D eigenvalue weighted by atomic mass is 9.72. The normalized spacial score (nSPS) is 20.5. The fourth-order valence-corrected chi connectivity index (χ4v) is 4.13. The van der Waals surface area contributed by atoms with E-state index in [1.807, 2.05) is 17.0 Å². The zero-order chi connectivity index (χ0) is 18.6. The Hall–Kier alpha value is -1.92. The second-order valence-electron chi connectivity index (χ2n) is 7.65. The van der Waals surface area contributed by atoms with Crippen molar-refractivity contribution in [2.45, 2.75) is 32.2 Å². The molecular formula is C20H29N3O3.